The van der Waals surface area contributed by atoms with Crippen LogP contribution in [0.4, 0.5) is 16.0 Å². The molecule has 9 heteroatoms. The van der Waals surface area contributed by atoms with Crippen molar-refractivity contribution in [2.24, 2.45) is 0 Å². The summed E-state index contributed by atoms with van der Waals surface area (Å²) in [7, 11) is 0. The minimum absolute atomic E-state index is 0.156. The van der Waals surface area contributed by atoms with Crippen molar-refractivity contribution in [3.8, 4) is 11.3 Å². The van der Waals surface area contributed by atoms with Gasteiger partial charge in [0.1, 0.15) is 23.1 Å². The molecule has 1 atom stereocenters. The van der Waals surface area contributed by atoms with Crippen molar-refractivity contribution in [2.75, 3.05) is 24.1 Å². The molecule has 0 spiro atoms. The third kappa shape index (κ3) is 3.78. The fraction of sp³-hybridized carbons (Fsp3) is 0.217. The van der Waals surface area contributed by atoms with Crippen LogP contribution < -0.4 is 16.4 Å². The van der Waals surface area contributed by atoms with Gasteiger partial charge in [0.05, 0.1) is 16.9 Å². The number of aromatic nitrogens is 4. The van der Waals surface area contributed by atoms with Gasteiger partial charge in [-0.2, -0.15) is 5.10 Å². The van der Waals surface area contributed by atoms with E-state index in [-0.39, 0.29) is 17.8 Å². The molecule has 1 aliphatic heterocycles. The molecule has 0 radical (unpaired) electrons. The standard InChI is InChI=1S/C23H22FN7O/c24-16-7-10-27-19(12-16)29-23(32)15-5-3-14(4-6-15)21-20-18(8-11-28-22(20)25)31(30-21)17-2-1-9-26-13-17/h3-8,10-12,17,26H,1-2,9,13H2,(H2,25,28)(H,27,29,32)/t17-/m1/s1. The Morgan fingerprint density at radius 2 is 1.97 bits per heavy atom. The van der Waals surface area contributed by atoms with Gasteiger partial charge < -0.3 is 16.4 Å². The molecule has 1 amide bonds. The molecule has 4 N–H and O–H groups in total. The molecule has 8 nitrogen and oxygen atoms in total. The van der Waals surface area contributed by atoms with Crippen LogP contribution in [-0.2, 0) is 0 Å². The fourth-order valence-corrected chi connectivity index (χ4v) is 4.08. The van der Waals surface area contributed by atoms with Gasteiger partial charge in [0.2, 0.25) is 0 Å². The predicted molar refractivity (Wildman–Crippen MR) is 121 cm³/mol. The summed E-state index contributed by atoms with van der Waals surface area (Å²) in [6, 6.07) is 11.6. The summed E-state index contributed by atoms with van der Waals surface area (Å²) in [6.07, 6.45) is 5.13. The molecule has 1 aromatic carbocycles. The van der Waals surface area contributed by atoms with Crippen LogP contribution in [0.1, 0.15) is 29.2 Å². The molecule has 0 saturated carbocycles. The zero-order chi connectivity index (χ0) is 22.1. The lowest BCUT2D eigenvalue weighted by Gasteiger charge is -2.23. The van der Waals surface area contributed by atoms with E-state index in [9.17, 15) is 9.18 Å². The van der Waals surface area contributed by atoms with Crippen LogP contribution in [0, 0.1) is 5.82 Å². The number of anilines is 2. The molecule has 162 valence electrons. The minimum atomic E-state index is -0.465. The zero-order valence-electron chi connectivity index (χ0n) is 17.3. The van der Waals surface area contributed by atoms with E-state index in [1.165, 1.54) is 18.3 Å². The zero-order valence-corrected chi connectivity index (χ0v) is 17.3. The number of carbonyl (C=O) groups is 1. The van der Waals surface area contributed by atoms with E-state index in [1.54, 1.807) is 18.3 Å². The van der Waals surface area contributed by atoms with Crippen LogP contribution in [0.2, 0.25) is 0 Å². The highest BCUT2D eigenvalue weighted by molar-refractivity contribution is 6.05. The molecule has 0 bridgehead atoms. The summed E-state index contributed by atoms with van der Waals surface area (Å²) in [5, 5.41) is 11.7. The van der Waals surface area contributed by atoms with Crippen LogP contribution >= 0.6 is 0 Å². The maximum Gasteiger partial charge on any atom is 0.256 e. The molecule has 0 unspecified atom stereocenters. The second kappa shape index (κ2) is 8.35. The van der Waals surface area contributed by atoms with Gasteiger partial charge >= 0.3 is 0 Å². The number of nitrogen functional groups attached to an aromatic ring is 1. The number of nitrogens with zero attached hydrogens (tertiary/aromatic N) is 4. The Kier molecular flexibility index (Phi) is 5.24. The fourth-order valence-electron chi connectivity index (χ4n) is 4.08. The third-order valence-electron chi connectivity index (χ3n) is 5.65. The number of pyridine rings is 2. The van der Waals surface area contributed by atoms with Crippen molar-refractivity contribution in [3.63, 3.8) is 0 Å². The quantitative estimate of drug-likeness (QED) is 0.457. The Hall–Kier alpha value is -3.85. The van der Waals surface area contributed by atoms with Crippen molar-refractivity contribution >= 4 is 28.4 Å². The Bertz CT molecular complexity index is 1280. The second-order valence-corrected chi connectivity index (χ2v) is 7.77. The van der Waals surface area contributed by atoms with E-state index in [2.05, 4.69) is 20.6 Å². The van der Waals surface area contributed by atoms with Gasteiger partial charge in [-0.3, -0.25) is 9.48 Å². The highest BCUT2D eigenvalue weighted by atomic mass is 19.1. The number of benzene rings is 1. The van der Waals surface area contributed by atoms with E-state index in [1.807, 2.05) is 22.9 Å². The number of halogens is 1. The second-order valence-electron chi connectivity index (χ2n) is 7.77. The average Bonchev–Trinajstić information content (AvgIpc) is 3.21. The van der Waals surface area contributed by atoms with Gasteiger partial charge in [0.15, 0.2) is 0 Å². The van der Waals surface area contributed by atoms with Gasteiger partial charge in [-0.05, 0) is 43.7 Å². The summed E-state index contributed by atoms with van der Waals surface area (Å²) in [6.45, 7) is 1.87. The maximum atomic E-state index is 13.3. The average molecular weight is 431 g/mol. The normalized spacial score (nSPS) is 16.2. The number of piperidine rings is 1. The van der Waals surface area contributed by atoms with Crippen molar-refractivity contribution < 1.29 is 9.18 Å². The summed E-state index contributed by atoms with van der Waals surface area (Å²) >= 11 is 0. The molecule has 3 aromatic heterocycles. The van der Waals surface area contributed by atoms with Crippen molar-refractivity contribution in [1.82, 2.24) is 25.1 Å². The van der Waals surface area contributed by atoms with E-state index in [4.69, 9.17) is 10.8 Å². The van der Waals surface area contributed by atoms with E-state index in [0.29, 0.717) is 11.4 Å². The van der Waals surface area contributed by atoms with E-state index < -0.39 is 5.82 Å². The number of nitrogens with one attached hydrogen (secondary N) is 2. The van der Waals surface area contributed by atoms with Gasteiger partial charge in [-0.25, -0.2) is 14.4 Å². The van der Waals surface area contributed by atoms with Gasteiger partial charge in [0.25, 0.3) is 5.91 Å². The SMILES string of the molecule is Nc1nccc2c1c(-c1ccc(C(=O)Nc3cc(F)ccn3)cc1)nn2[C@@H]1CCCNC1. The van der Waals surface area contributed by atoms with E-state index >= 15 is 0 Å². The van der Waals surface area contributed by atoms with Gasteiger partial charge in [-0.1, -0.05) is 12.1 Å². The molecule has 4 heterocycles. The number of carbonyl (C=O) groups excluding carboxylic acids is 1. The van der Waals surface area contributed by atoms with Crippen LogP contribution in [0.3, 0.4) is 0 Å². The minimum Gasteiger partial charge on any atom is -0.383 e. The largest absolute Gasteiger partial charge is 0.383 e. The van der Waals surface area contributed by atoms with Gasteiger partial charge in [0, 0.05) is 36.1 Å². The molecule has 4 aromatic rings. The van der Waals surface area contributed by atoms with E-state index in [0.717, 1.165) is 48.1 Å². The summed E-state index contributed by atoms with van der Waals surface area (Å²) < 4.78 is 15.4. The Morgan fingerprint density at radius 3 is 2.72 bits per heavy atom. The first kappa shape index (κ1) is 20.1. The molecular formula is C23H22FN7O. The highest BCUT2D eigenvalue weighted by Gasteiger charge is 2.22. The smallest absolute Gasteiger partial charge is 0.256 e. The lowest BCUT2D eigenvalue weighted by atomic mass is 10.1. The molecular weight excluding hydrogens is 409 g/mol. The first-order valence-corrected chi connectivity index (χ1v) is 10.5. The summed E-state index contributed by atoms with van der Waals surface area (Å²) in [4.78, 5) is 20.7. The van der Waals surface area contributed by atoms with Crippen molar-refractivity contribution in [2.45, 2.75) is 18.9 Å². The topological polar surface area (TPSA) is 111 Å². The summed E-state index contributed by atoms with van der Waals surface area (Å²) in [5.74, 6) is -0.262. The highest BCUT2D eigenvalue weighted by Crippen LogP contribution is 2.34. The van der Waals surface area contributed by atoms with Crippen LogP contribution in [0.15, 0.2) is 54.9 Å². The van der Waals surface area contributed by atoms with Crippen LogP contribution in [0.5, 0.6) is 0 Å². The van der Waals surface area contributed by atoms with Crippen molar-refractivity contribution in [3.05, 3.63) is 66.2 Å². The number of fused-ring (bicyclic) bond motifs is 1. The van der Waals surface area contributed by atoms with Gasteiger partial charge in [-0.15, -0.1) is 0 Å². The lowest BCUT2D eigenvalue weighted by molar-refractivity contribution is 0.102. The predicted octanol–water partition coefficient (Wildman–Crippen LogP) is 3.39. The maximum absolute atomic E-state index is 13.3. The lowest BCUT2D eigenvalue weighted by Crippen LogP contribution is -2.32. The van der Waals surface area contributed by atoms with Crippen molar-refractivity contribution in [1.29, 1.82) is 0 Å². The summed E-state index contributed by atoms with van der Waals surface area (Å²) in [5.41, 5.74) is 9.16. The number of nitrogens with two attached hydrogens (primary N) is 1. The number of amides is 1. The Balaban J connectivity index is 1.47. The molecule has 1 saturated heterocycles. The monoisotopic (exact) mass is 431 g/mol. The van der Waals surface area contributed by atoms with Crippen LogP contribution in [-0.4, -0.2) is 38.7 Å². The Labute approximate surface area is 183 Å². The molecule has 0 aliphatic carbocycles. The molecule has 1 aliphatic rings. The molecule has 32 heavy (non-hydrogen) atoms. The Morgan fingerprint density at radius 1 is 1.16 bits per heavy atom. The van der Waals surface area contributed by atoms with Crippen LogP contribution in [0.25, 0.3) is 22.2 Å². The number of hydrogen-bond donors (Lipinski definition) is 3. The molecule has 5 rings (SSSR count). The first-order chi connectivity index (χ1) is 15.6. The third-order valence-corrected chi connectivity index (χ3v) is 5.65. The number of rotatable bonds is 4. The molecule has 1 fully saturated rings. The first-order valence-electron chi connectivity index (χ1n) is 10.5. The number of hydrogen-bond acceptors (Lipinski definition) is 6.